The summed E-state index contributed by atoms with van der Waals surface area (Å²) >= 11 is 0. The Hall–Kier alpha value is -1.32. The molecule has 16 heavy (non-hydrogen) atoms. The van der Waals surface area contributed by atoms with Gasteiger partial charge in [-0.25, -0.2) is 4.79 Å². The number of hydrogen-bond acceptors (Lipinski definition) is 3. The van der Waals surface area contributed by atoms with E-state index in [-0.39, 0.29) is 11.9 Å². The summed E-state index contributed by atoms with van der Waals surface area (Å²) in [5, 5.41) is 2.76. The molecule has 92 valence electrons. The van der Waals surface area contributed by atoms with Crippen molar-refractivity contribution in [1.82, 2.24) is 5.32 Å². The average molecular weight is 227 g/mol. The molecular formula is C12H21NO3. The highest BCUT2D eigenvalue weighted by molar-refractivity contribution is 5.86. The van der Waals surface area contributed by atoms with Gasteiger partial charge in [0, 0.05) is 18.5 Å². The molecule has 0 fully saturated rings. The molecule has 0 unspecified atom stereocenters. The van der Waals surface area contributed by atoms with E-state index in [4.69, 9.17) is 4.74 Å². The van der Waals surface area contributed by atoms with E-state index in [1.165, 1.54) is 0 Å². The third kappa shape index (κ3) is 8.03. The van der Waals surface area contributed by atoms with Crippen molar-refractivity contribution in [2.75, 3.05) is 13.2 Å². The van der Waals surface area contributed by atoms with E-state index in [2.05, 4.69) is 11.9 Å². The molecule has 0 saturated heterocycles. The molecule has 0 heterocycles. The van der Waals surface area contributed by atoms with Gasteiger partial charge in [-0.2, -0.15) is 0 Å². The molecule has 1 amide bonds. The number of nitrogens with one attached hydrogen (secondary N) is 1. The second-order valence-electron chi connectivity index (χ2n) is 4.22. The van der Waals surface area contributed by atoms with Gasteiger partial charge in [-0.1, -0.05) is 20.4 Å². The molecule has 0 aliphatic carbocycles. The van der Waals surface area contributed by atoms with E-state index in [0.717, 1.165) is 0 Å². The molecule has 4 nitrogen and oxygen atoms in total. The van der Waals surface area contributed by atoms with Gasteiger partial charge in [0.25, 0.3) is 0 Å². The maximum Gasteiger partial charge on any atom is 0.333 e. The summed E-state index contributed by atoms with van der Waals surface area (Å²) in [6.07, 6.45) is 1.16. The van der Waals surface area contributed by atoms with Crippen LogP contribution in [0.1, 0.15) is 33.6 Å². The molecule has 0 atom stereocenters. The lowest BCUT2D eigenvalue weighted by molar-refractivity contribution is -0.138. The Morgan fingerprint density at radius 1 is 1.38 bits per heavy atom. The molecular weight excluding hydrogens is 206 g/mol. The Morgan fingerprint density at radius 2 is 2.00 bits per heavy atom. The number of amides is 1. The summed E-state index contributed by atoms with van der Waals surface area (Å²) in [4.78, 5) is 22.2. The number of carbonyl (C=O) groups excluding carboxylic acids is 2. The van der Waals surface area contributed by atoms with Crippen LogP contribution in [0, 0.1) is 5.92 Å². The smallest absolute Gasteiger partial charge is 0.333 e. The van der Waals surface area contributed by atoms with Gasteiger partial charge in [0.2, 0.25) is 5.91 Å². The topological polar surface area (TPSA) is 55.4 Å². The van der Waals surface area contributed by atoms with Crippen molar-refractivity contribution >= 4 is 11.9 Å². The van der Waals surface area contributed by atoms with Crippen LogP contribution < -0.4 is 5.32 Å². The Bertz CT molecular complexity index is 259. The third-order valence-corrected chi connectivity index (χ3v) is 1.82. The summed E-state index contributed by atoms with van der Waals surface area (Å²) in [5.74, 6) is 0.0241. The highest BCUT2D eigenvalue weighted by atomic mass is 16.5. The van der Waals surface area contributed by atoms with Gasteiger partial charge in [0.05, 0.1) is 6.61 Å². The summed E-state index contributed by atoms with van der Waals surface area (Å²) in [5.41, 5.74) is 0.392. The highest BCUT2D eigenvalue weighted by Gasteiger charge is 2.04. The van der Waals surface area contributed by atoms with Crippen LogP contribution in [-0.2, 0) is 14.3 Å². The average Bonchev–Trinajstić information content (AvgIpc) is 2.15. The van der Waals surface area contributed by atoms with Crippen molar-refractivity contribution < 1.29 is 14.3 Å². The van der Waals surface area contributed by atoms with Crippen molar-refractivity contribution in [2.24, 2.45) is 5.92 Å². The van der Waals surface area contributed by atoms with Gasteiger partial charge in [0.1, 0.15) is 0 Å². The lowest BCUT2D eigenvalue weighted by atomic mass is 10.1. The zero-order valence-corrected chi connectivity index (χ0v) is 10.3. The predicted octanol–water partition coefficient (Wildman–Crippen LogP) is 1.66. The lowest BCUT2D eigenvalue weighted by Gasteiger charge is -2.07. The van der Waals surface area contributed by atoms with Crippen molar-refractivity contribution in [1.29, 1.82) is 0 Å². The molecule has 0 saturated carbocycles. The third-order valence-electron chi connectivity index (χ3n) is 1.82. The van der Waals surface area contributed by atoms with E-state index in [1.54, 1.807) is 6.92 Å². The second kappa shape index (κ2) is 7.91. The molecule has 1 N–H and O–H groups in total. The fourth-order valence-corrected chi connectivity index (χ4v) is 1.03. The molecule has 0 aromatic rings. The SMILES string of the molecule is C=C(C)C(=O)OCCCNC(=O)CC(C)C. The van der Waals surface area contributed by atoms with Crippen LogP contribution >= 0.6 is 0 Å². The van der Waals surface area contributed by atoms with Crippen molar-refractivity contribution in [3.8, 4) is 0 Å². The molecule has 0 rings (SSSR count). The van der Waals surface area contributed by atoms with Crippen LogP contribution in [0.2, 0.25) is 0 Å². The Kier molecular flexibility index (Phi) is 7.25. The Morgan fingerprint density at radius 3 is 2.50 bits per heavy atom. The van der Waals surface area contributed by atoms with E-state index in [1.807, 2.05) is 13.8 Å². The maximum atomic E-state index is 11.2. The standard InChI is InChI=1S/C12H21NO3/c1-9(2)8-11(14)13-6-5-7-16-12(15)10(3)4/h9H,3,5-8H2,1-2,4H3,(H,13,14). The largest absolute Gasteiger partial charge is 0.462 e. The first-order valence-corrected chi connectivity index (χ1v) is 5.52. The Balaban J connectivity index is 3.44. The molecule has 0 radical (unpaired) electrons. The number of hydrogen-bond donors (Lipinski definition) is 1. The zero-order valence-electron chi connectivity index (χ0n) is 10.3. The van der Waals surface area contributed by atoms with E-state index in [9.17, 15) is 9.59 Å². The normalized spacial score (nSPS) is 10.0. The van der Waals surface area contributed by atoms with Gasteiger partial charge in [-0.05, 0) is 19.3 Å². The fourth-order valence-electron chi connectivity index (χ4n) is 1.03. The maximum absolute atomic E-state index is 11.2. The quantitative estimate of drug-likeness (QED) is 0.409. The van der Waals surface area contributed by atoms with E-state index in [0.29, 0.717) is 37.5 Å². The fraction of sp³-hybridized carbons (Fsp3) is 0.667. The van der Waals surface area contributed by atoms with Gasteiger partial charge >= 0.3 is 5.97 Å². The summed E-state index contributed by atoms with van der Waals surface area (Å²) in [6.45, 7) is 9.91. The van der Waals surface area contributed by atoms with Crippen LogP contribution in [-0.4, -0.2) is 25.0 Å². The van der Waals surface area contributed by atoms with Crippen molar-refractivity contribution in [2.45, 2.75) is 33.6 Å². The minimum absolute atomic E-state index is 0.0428. The highest BCUT2D eigenvalue weighted by Crippen LogP contribution is 1.98. The molecule has 0 bridgehead atoms. The number of esters is 1. The Labute approximate surface area is 97.1 Å². The first kappa shape index (κ1) is 14.7. The van der Waals surface area contributed by atoms with Crippen LogP contribution in [0.3, 0.4) is 0 Å². The molecule has 0 aromatic heterocycles. The lowest BCUT2D eigenvalue weighted by Crippen LogP contribution is -2.26. The van der Waals surface area contributed by atoms with Crippen LogP contribution in [0.15, 0.2) is 12.2 Å². The summed E-state index contributed by atoms with van der Waals surface area (Å²) < 4.78 is 4.88. The first-order valence-electron chi connectivity index (χ1n) is 5.52. The minimum Gasteiger partial charge on any atom is -0.462 e. The zero-order chi connectivity index (χ0) is 12.6. The van der Waals surface area contributed by atoms with E-state index >= 15 is 0 Å². The molecule has 4 heteroatoms. The number of ether oxygens (including phenoxy) is 1. The van der Waals surface area contributed by atoms with Crippen LogP contribution in [0.4, 0.5) is 0 Å². The molecule has 0 aromatic carbocycles. The minimum atomic E-state index is -0.381. The summed E-state index contributed by atoms with van der Waals surface area (Å²) in [6, 6.07) is 0. The van der Waals surface area contributed by atoms with Crippen LogP contribution in [0.5, 0.6) is 0 Å². The van der Waals surface area contributed by atoms with Gasteiger partial charge in [-0.15, -0.1) is 0 Å². The van der Waals surface area contributed by atoms with Crippen LogP contribution in [0.25, 0.3) is 0 Å². The molecule has 0 spiro atoms. The van der Waals surface area contributed by atoms with Crippen molar-refractivity contribution in [3.05, 3.63) is 12.2 Å². The number of carbonyl (C=O) groups is 2. The predicted molar refractivity (Wildman–Crippen MR) is 62.9 cm³/mol. The van der Waals surface area contributed by atoms with Gasteiger partial charge in [-0.3, -0.25) is 4.79 Å². The van der Waals surface area contributed by atoms with Gasteiger partial charge in [0.15, 0.2) is 0 Å². The summed E-state index contributed by atoms with van der Waals surface area (Å²) in [7, 11) is 0. The monoisotopic (exact) mass is 227 g/mol. The van der Waals surface area contributed by atoms with Gasteiger partial charge < -0.3 is 10.1 Å². The number of rotatable bonds is 7. The molecule has 0 aliphatic heterocycles. The molecule has 0 aliphatic rings. The van der Waals surface area contributed by atoms with E-state index < -0.39 is 0 Å². The first-order chi connectivity index (χ1) is 7.43. The van der Waals surface area contributed by atoms with Crippen molar-refractivity contribution in [3.63, 3.8) is 0 Å². The second-order valence-corrected chi connectivity index (χ2v) is 4.22.